The van der Waals surface area contributed by atoms with Gasteiger partial charge in [0.1, 0.15) is 11.8 Å². The fourth-order valence-electron chi connectivity index (χ4n) is 4.35. The molecule has 0 spiro atoms. The van der Waals surface area contributed by atoms with Crippen molar-refractivity contribution in [3.05, 3.63) is 64.1 Å². The molecule has 1 aliphatic carbocycles. The SMILES string of the molecule is CC(C)c1ccc(OCC(=O)N(CCc2ccccc2)C(C)C(=O)NC2CCCCC2)c(Br)c1. The lowest BCUT2D eigenvalue weighted by Gasteiger charge is -2.31. The summed E-state index contributed by atoms with van der Waals surface area (Å²) >= 11 is 3.56. The van der Waals surface area contributed by atoms with E-state index in [0.717, 1.165) is 35.7 Å². The van der Waals surface area contributed by atoms with Crippen LogP contribution in [0.15, 0.2) is 53.0 Å². The lowest BCUT2D eigenvalue weighted by atomic mass is 9.95. The van der Waals surface area contributed by atoms with E-state index >= 15 is 0 Å². The van der Waals surface area contributed by atoms with Gasteiger partial charge in [-0.05, 0) is 71.3 Å². The third-order valence-electron chi connectivity index (χ3n) is 6.58. The number of amides is 2. The van der Waals surface area contributed by atoms with E-state index in [0.29, 0.717) is 24.6 Å². The highest BCUT2D eigenvalue weighted by Gasteiger charge is 2.28. The third-order valence-corrected chi connectivity index (χ3v) is 7.20. The molecule has 184 valence electrons. The van der Waals surface area contributed by atoms with E-state index in [1.54, 1.807) is 4.90 Å². The molecule has 1 unspecified atom stereocenters. The Morgan fingerprint density at radius 2 is 1.76 bits per heavy atom. The molecule has 1 aliphatic rings. The van der Waals surface area contributed by atoms with Crippen molar-refractivity contribution in [2.24, 2.45) is 0 Å². The van der Waals surface area contributed by atoms with E-state index in [4.69, 9.17) is 4.74 Å². The van der Waals surface area contributed by atoms with Crippen LogP contribution in [0.25, 0.3) is 0 Å². The maximum atomic E-state index is 13.3. The van der Waals surface area contributed by atoms with Gasteiger partial charge in [0.15, 0.2) is 6.61 Å². The normalized spacial score (nSPS) is 15.1. The predicted molar refractivity (Wildman–Crippen MR) is 140 cm³/mol. The lowest BCUT2D eigenvalue weighted by molar-refractivity contribution is -0.141. The Labute approximate surface area is 212 Å². The van der Waals surface area contributed by atoms with Gasteiger partial charge in [0.25, 0.3) is 5.91 Å². The number of rotatable bonds is 10. The predicted octanol–water partition coefficient (Wildman–Crippen LogP) is 5.86. The molecule has 5 nitrogen and oxygen atoms in total. The monoisotopic (exact) mass is 528 g/mol. The molecule has 0 aliphatic heterocycles. The smallest absolute Gasteiger partial charge is 0.261 e. The van der Waals surface area contributed by atoms with Crippen LogP contribution < -0.4 is 10.1 Å². The second-order valence-electron chi connectivity index (χ2n) is 9.48. The molecular weight excluding hydrogens is 492 g/mol. The highest BCUT2D eigenvalue weighted by atomic mass is 79.9. The van der Waals surface area contributed by atoms with Gasteiger partial charge in [0.05, 0.1) is 4.47 Å². The van der Waals surface area contributed by atoms with Crippen LogP contribution in [-0.4, -0.2) is 41.9 Å². The van der Waals surface area contributed by atoms with E-state index in [-0.39, 0.29) is 24.5 Å². The van der Waals surface area contributed by atoms with Crippen LogP contribution in [-0.2, 0) is 16.0 Å². The molecule has 1 atom stereocenters. The highest BCUT2D eigenvalue weighted by molar-refractivity contribution is 9.10. The van der Waals surface area contributed by atoms with Crippen LogP contribution in [0.2, 0.25) is 0 Å². The molecular formula is C28H37BrN2O3. The first-order chi connectivity index (χ1) is 16.3. The van der Waals surface area contributed by atoms with E-state index < -0.39 is 6.04 Å². The number of halogens is 1. The number of hydrogen-bond donors (Lipinski definition) is 1. The van der Waals surface area contributed by atoms with Crippen LogP contribution in [0.1, 0.15) is 69.9 Å². The summed E-state index contributed by atoms with van der Waals surface area (Å²) in [6.45, 7) is 6.43. The molecule has 2 aromatic carbocycles. The first-order valence-corrected chi connectivity index (χ1v) is 13.2. The van der Waals surface area contributed by atoms with Crippen molar-refractivity contribution in [2.75, 3.05) is 13.2 Å². The Morgan fingerprint density at radius 1 is 1.06 bits per heavy atom. The van der Waals surface area contributed by atoms with Crippen LogP contribution in [0.3, 0.4) is 0 Å². The van der Waals surface area contributed by atoms with Crippen molar-refractivity contribution in [2.45, 2.75) is 77.3 Å². The number of nitrogens with one attached hydrogen (secondary N) is 1. The van der Waals surface area contributed by atoms with Crippen LogP contribution in [0.5, 0.6) is 5.75 Å². The Balaban J connectivity index is 1.67. The van der Waals surface area contributed by atoms with Gasteiger partial charge in [0, 0.05) is 12.6 Å². The minimum Gasteiger partial charge on any atom is -0.483 e. The number of carbonyl (C=O) groups excluding carboxylic acids is 2. The van der Waals surface area contributed by atoms with Gasteiger partial charge in [0.2, 0.25) is 5.91 Å². The molecule has 34 heavy (non-hydrogen) atoms. The molecule has 0 aromatic heterocycles. The van der Waals surface area contributed by atoms with Gasteiger partial charge in [-0.1, -0.05) is 69.5 Å². The minimum absolute atomic E-state index is 0.0872. The van der Waals surface area contributed by atoms with E-state index in [1.165, 1.54) is 12.0 Å². The number of ether oxygens (including phenoxy) is 1. The molecule has 0 heterocycles. The Hall–Kier alpha value is -2.34. The summed E-state index contributed by atoms with van der Waals surface area (Å²) in [6, 6.07) is 15.6. The zero-order chi connectivity index (χ0) is 24.5. The largest absolute Gasteiger partial charge is 0.483 e. The Kier molecular flexibility index (Phi) is 10.00. The van der Waals surface area contributed by atoms with Crippen molar-refractivity contribution in [1.29, 1.82) is 0 Å². The molecule has 0 radical (unpaired) electrons. The van der Waals surface area contributed by atoms with Crippen LogP contribution in [0.4, 0.5) is 0 Å². The zero-order valence-corrected chi connectivity index (χ0v) is 22.1. The molecule has 2 amide bonds. The Morgan fingerprint density at radius 3 is 2.41 bits per heavy atom. The average molecular weight is 530 g/mol. The van der Waals surface area contributed by atoms with Crippen LogP contribution >= 0.6 is 15.9 Å². The quantitative estimate of drug-likeness (QED) is 0.420. The summed E-state index contributed by atoms with van der Waals surface area (Å²) in [4.78, 5) is 28.0. The maximum Gasteiger partial charge on any atom is 0.261 e. The van der Waals surface area contributed by atoms with Crippen molar-refractivity contribution in [1.82, 2.24) is 10.2 Å². The topological polar surface area (TPSA) is 58.6 Å². The fraction of sp³-hybridized carbons (Fsp3) is 0.500. The highest BCUT2D eigenvalue weighted by Crippen LogP contribution is 2.29. The summed E-state index contributed by atoms with van der Waals surface area (Å²) in [7, 11) is 0. The molecule has 1 saturated carbocycles. The summed E-state index contributed by atoms with van der Waals surface area (Å²) in [5, 5.41) is 3.17. The van der Waals surface area contributed by atoms with Gasteiger partial charge < -0.3 is 15.0 Å². The van der Waals surface area contributed by atoms with Crippen molar-refractivity contribution in [3.63, 3.8) is 0 Å². The van der Waals surface area contributed by atoms with Gasteiger partial charge in [-0.25, -0.2) is 0 Å². The molecule has 0 bridgehead atoms. The second-order valence-corrected chi connectivity index (χ2v) is 10.3. The van der Waals surface area contributed by atoms with E-state index in [9.17, 15) is 9.59 Å². The molecule has 2 aromatic rings. The van der Waals surface area contributed by atoms with Gasteiger partial charge in [-0.3, -0.25) is 9.59 Å². The summed E-state index contributed by atoms with van der Waals surface area (Å²) < 4.78 is 6.70. The molecule has 3 rings (SSSR count). The van der Waals surface area contributed by atoms with Gasteiger partial charge >= 0.3 is 0 Å². The molecule has 0 saturated heterocycles. The minimum atomic E-state index is -0.562. The number of benzene rings is 2. The van der Waals surface area contributed by atoms with E-state index in [2.05, 4.69) is 35.1 Å². The van der Waals surface area contributed by atoms with Crippen molar-refractivity contribution in [3.8, 4) is 5.75 Å². The zero-order valence-electron chi connectivity index (χ0n) is 20.6. The first-order valence-electron chi connectivity index (χ1n) is 12.4. The van der Waals surface area contributed by atoms with Crippen LogP contribution in [0, 0.1) is 0 Å². The standard InChI is InChI=1S/C28H37BrN2O3/c1-20(2)23-14-15-26(25(29)18-23)34-19-27(32)31(17-16-22-10-6-4-7-11-22)21(3)28(33)30-24-12-8-5-9-13-24/h4,6-7,10-11,14-15,18,20-21,24H,5,8-9,12-13,16-17,19H2,1-3H3,(H,30,33). The number of nitrogens with zero attached hydrogens (tertiary/aromatic N) is 1. The molecule has 1 fully saturated rings. The maximum absolute atomic E-state index is 13.3. The van der Waals surface area contributed by atoms with Crippen molar-refractivity contribution < 1.29 is 14.3 Å². The summed E-state index contributed by atoms with van der Waals surface area (Å²) in [5.74, 6) is 0.752. The third kappa shape index (κ3) is 7.59. The average Bonchev–Trinajstić information content (AvgIpc) is 2.84. The fourth-order valence-corrected chi connectivity index (χ4v) is 4.87. The summed E-state index contributed by atoms with van der Waals surface area (Å²) in [5.41, 5.74) is 2.33. The lowest BCUT2D eigenvalue weighted by Crippen LogP contribution is -2.52. The van der Waals surface area contributed by atoms with Gasteiger partial charge in [-0.2, -0.15) is 0 Å². The summed E-state index contributed by atoms with van der Waals surface area (Å²) in [6.07, 6.45) is 6.23. The molecule has 1 N–H and O–H groups in total. The first kappa shape index (κ1) is 26.3. The Bertz CT molecular complexity index is 942. The van der Waals surface area contributed by atoms with Crippen molar-refractivity contribution >= 4 is 27.7 Å². The number of hydrogen-bond acceptors (Lipinski definition) is 3. The number of carbonyl (C=O) groups is 2. The van der Waals surface area contributed by atoms with E-state index in [1.807, 2.05) is 55.5 Å². The van der Waals surface area contributed by atoms with Gasteiger partial charge in [-0.15, -0.1) is 0 Å². The molecule has 6 heteroatoms. The second kappa shape index (κ2) is 12.9.